The molecule has 26 heavy (non-hydrogen) atoms. The summed E-state index contributed by atoms with van der Waals surface area (Å²) in [5.41, 5.74) is 0. The molecule has 0 atom stereocenters. The fourth-order valence-electron chi connectivity index (χ4n) is 2.68. The molecule has 0 saturated carbocycles. The number of alkyl halides is 3. The van der Waals surface area contributed by atoms with E-state index in [4.69, 9.17) is 9.47 Å². The summed E-state index contributed by atoms with van der Waals surface area (Å²) in [6, 6.07) is 7.00. The van der Waals surface area contributed by atoms with Gasteiger partial charge in [-0.3, -0.25) is 9.59 Å². The first-order valence-electron chi connectivity index (χ1n) is 8.22. The molecule has 1 saturated heterocycles. The van der Waals surface area contributed by atoms with Crippen molar-refractivity contribution in [3.63, 3.8) is 0 Å². The number of benzene rings is 1. The normalized spacial score (nSPS) is 15.5. The molecule has 6 nitrogen and oxygen atoms in total. The lowest BCUT2D eigenvalue weighted by Gasteiger charge is -2.31. The molecule has 0 spiro atoms. The number of hydrogen-bond donors (Lipinski definition) is 1. The zero-order valence-electron chi connectivity index (χ0n) is 14.3. The van der Waals surface area contributed by atoms with E-state index in [9.17, 15) is 22.8 Å². The molecule has 1 fully saturated rings. The quantitative estimate of drug-likeness (QED) is 0.774. The van der Waals surface area contributed by atoms with Crippen molar-refractivity contribution in [3.8, 4) is 11.5 Å². The Labute approximate surface area is 149 Å². The minimum absolute atomic E-state index is 0.0707. The molecule has 2 amide bonds. The molecule has 2 rings (SSSR count). The predicted octanol–water partition coefficient (Wildman–Crippen LogP) is 1.99. The molecule has 9 heteroatoms. The van der Waals surface area contributed by atoms with E-state index in [1.807, 2.05) is 0 Å². The Bertz CT molecular complexity index is 611. The highest BCUT2D eigenvalue weighted by atomic mass is 19.4. The Morgan fingerprint density at radius 1 is 1.15 bits per heavy atom. The van der Waals surface area contributed by atoms with Gasteiger partial charge in [0.2, 0.25) is 5.91 Å². The number of methoxy groups -OCH3 is 1. The highest BCUT2D eigenvalue weighted by Gasteiger charge is 2.43. The Kier molecular flexibility index (Phi) is 6.70. The van der Waals surface area contributed by atoms with Gasteiger partial charge in [-0.15, -0.1) is 0 Å². The maximum Gasteiger partial charge on any atom is 0.471 e. The van der Waals surface area contributed by atoms with Crippen LogP contribution in [-0.2, 0) is 9.59 Å². The van der Waals surface area contributed by atoms with Gasteiger partial charge in [0.25, 0.3) is 0 Å². The Morgan fingerprint density at radius 3 is 2.27 bits per heavy atom. The number of piperidine rings is 1. The van der Waals surface area contributed by atoms with Crippen LogP contribution in [0.25, 0.3) is 0 Å². The molecule has 0 aliphatic carbocycles. The summed E-state index contributed by atoms with van der Waals surface area (Å²) in [7, 11) is 1.56. The van der Waals surface area contributed by atoms with Crippen molar-refractivity contribution in [3.05, 3.63) is 24.3 Å². The maximum atomic E-state index is 12.4. The smallest absolute Gasteiger partial charge is 0.471 e. The topological polar surface area (TPSA) is 67.9 Å². The van der Waals surface area contributed by atoms with Crippen molar-refractivity contribution in [2.45, 2.75) is 19.0 Å². The number of carbonyl (C=O) groups excluding carboxylic acids is 2. The number of carbonyl (C=O) groups is 2. The van der Waals surface area contributed by atoms with Crippen molar-refractivity contribution in [2.24, 2.45) is 5.92 Å². The lowest BCUT2D eigenvalue weighted by atomic mass is 9.96. The van der Waals surface area contributed by atoms with Crippen LogP contribution in [0.2, 0.25) is 0 Å². The van der Waals surface area contributed by atoms with Crippen molar-refractivity contribution in [1.82, 2.24) is 10.2 Å². The van der Waals surface area contributed by atoms with Gasteiger partial charge in [-0.25, -0.2) is 0 Å². The van der Waals surface area contributed by atoms with Crippen molar-refractivity contribution >= 4 is 11.8 Å². The maximum absolute atomic E-state index is 12.4. The molecule has 0 aromatic heterocycles. The predicted molar refractivity (Wildman–Crippen MR) is 86.9 cm³/mol. The van der Waals surface area contributed by atoms with Gasteiger partial charge in [0.1, 0.15) is 18.1 Å². The first kappa shape index (κ1) is 19.9. The Hall–Kier alpha value is -2.45. The summed E-state index contributed by atoms with van der Waals surface area (Å²) in [6.45, 7) is 0.410. The summed E-state index contributed by atoms with van der Waals surface area (Å²) < 4.78 is 47.7. The van der Waals surface area contributed by atoms with Crippen LogP contribution in [0.1, 0.15) is 12.8 Å². The summed E-state index contributed by atoms with van der Waals surface area (Å²) in [5, 5.41) is 2.71. The van der Waals surface area contributed by atoms with Crippen molar-refractivity contribution < 1.29 is 32.2 Å². The number of likely N-dealkylation sites (tertiary alicyclic amines) is 1. The van der Waals surface area contributed by atoms with Crippen LogP contribution in [0.3, 0.4) is 0 Å². The number of halogens is 3. The van der Waals surface area contributed by atoms with Gasteiger partial charge in [0.15, 0.2) is 0 Å². The zero-order chi connectivity index (χ0) is 19.2. The summed E-state index contributed by atoms with van der Waals surface area (Å²) in [6.07, 6.45) is -4.44. The van der Waals surface area contributed by atoms with Gasteiger partial charge >= 0.3 is 12.1 Å². The highest BCUT2D eigenvalue weighted by molar-refractivity contribution is 5.83. The minimum atomic E-state index is -4.87. The van der Waals surface area contributed by atoms with Crippen LogP contribution in [0.5, 0.6) is 11.5 Å². The molecule has 1 aliphatic rings. The second kappa shape index (κ2) is 8.77. The molecule has 0 radical (unpaired) electrons. The van der Waals surface area contributed by atoms with Crippen LogP contribution in [0.15, 0.2) is 24.3 Å². The van der Waals surface area contributed by atoms with E-state index in [-0.39, 0.29) is 45.0 Å². The van der Waals surface area contributed by atoms with Crippen LogP contribution < -0.4 is 14.8 Å². The number of amides is 2. The number of hydrogen-bond acceptors (Lipinski definition) is 4. The number of nitrogens with zero attached hydrogens (tertiary/aromatic N) is 1. The fraction of sp³-hybridized carbons (Fsp3) is 0.529. The number of nitrogens with one attached hydrogen (secondary N) is 1. The van der Waals surface area contributed by atoms with E-state index >= 15 is 0 Å². The Morgan fingerprint density at radius 2 is 1.73 bits per heavy atom. The average Bonchev–Trinajstić information content (AvgIpc) is 2.64. The fourth-order valence-corrected chi connectivity index (χ4v) is 2.68. The van der Waals surface area contributed by atoms with Gasteiger partial charge in [-0.05, 0) is 37.1 Å². The van der Waals surface area contributed by atoms with Gasteiger partial charge in [-0.1, -0.05) is 0 Å². The SMILES string of the molecule is COc1ccc(OCCNC(=O)C2CCN(C(=O)C(F)(F)F)CC2)cc1. The zero-order valence-corrected chi connectivity index (χ0v) is 14.3. The minimum Gasteiger partial charge on any atom is -0.497 e. The first-order chi connectivity index (χ1) is 12.3. The van der Waals surface area contributed by atoms with E-state index in [1.54, 1.807) is 31.4 Å². The summed E-state index contributed by atoms with van der Waals surface area (Å²) in [4.78, 5) is 24.0. The van der Waals surface area contributed by atoms with E-state index in [0.717, 1.165) is 4.90 Å². The van der Waals surface area contributed by atoms with Crippen LogP contribution in [0.4, 0.5) is 13.2 Å². The van der Waals surface area contributed by atoms with E-state index in [0.29, 0.717) is 11.5 Å². The molecule has 1 aromatic rings. The molecular formula is C17H21F3N2O4. The lowest BCUT2D eigenvalue weighted by molar-refractivity contribution is -0.186. The highest BCUT2D eigenvalue weighted by Crippen LogP contribution is 2.24. The molecular weight excluding hydrogens is 353 g/mol. The van der Waals surface area contributed by atoms with Crippen LogP contribution >= 0.6 is 0 Å². The van der Waals surface area contributed by atoms with Crippen molar-refractivity contribution in [1.29, 1.82) is 0 Å². The third-order valence-corrected chi connectivity index (χ3v) is 4.12. The molecule has 0 bridgehead atoms. The summed E-state index contributed by atoms with van der Waals surface area (Å²) >= 11 is 0. The monoisotopic (exact) mass is 374 g/mol. The first-order valence-corrected chi connectivity index (χ1v) is 8.22. The standard InChI is InChI=1S/C17H21F3N2O4/c1-25-13-2-4-14(5-3-13)26-11-8-21-15(23)12-6-9-22(10-7-12)16(24)17(18,19)20/h2-5,12H,6-11H2,1H3,(H,21,23). The van der Waals surface area contributed by atoms with E-state index < -0.39 is 18.0 Å². The molecule has 1 N–H and O–H groups in total. The van der Waals surface area contributed by atoms with Gasteiger partial charge in [0.05, 0.1) is 13.7 Å². The van der Waals surface area contributed by atoms with Crippen LogP contribution in [-0.4, -0.2) is 56.2 Å². The second-order valence-corrected chi connectivity index (χ2v) is 5.88. The average molecular weight is 374 g/mol. The van der Waals surface area contributed by atoms with Crippen LogP contribution in [0, 0.1) is 5.92 Å². The molecule has 1 heterocycles. The summed E-state index contributed by atoms with van der Waals surface area (Å²) in [5.74, 6) is -1.13. The third kappa shape index (κ3) is 5.53. The number of ether oxygens (including phenoxy) is 2. The second-order valence-electron chi connectivity index (χ2n) is 5.88. The molecule has 144 valence electrons. The lowest BCUT2D eigenvalue weighted by Crippen LogP contribution is -2.47. The van der Waals surface area contributed by atoms with E-state index in [1.165, 1.54) is 0 Å². The Balaban J connectivity index is 1.66. The van der Waals surface area contributed by atoms with Gasteiger partial charge in [-0.2, -0.15) is 13.2 Å². The van der Waals surface area contributed by atoms with Crippen molar-refractivity contribution in [2.75, 3.05) is 33.4 Å². The molecule has 0 unspecified atom stereocenters. The molecule has 1 aliphatic heterocycles. The number of rotatable bonds is 6. The van der Waals surface area contributed by atoms with Gasteiger partial charge < -0.3 is 19.7 Å². The molecule has 1 aromatic carbocycles. The van der Waals surface area contributed by atoms with Gasteiger partial charge in [0, 0.05) is 19.0 Å². The largest absolute Gasteiger partial charge is 0.497 e. The van der Waals surface area contributed by atoms with E-state index in [2.05, 4.69) is 5.32 Å². The third-order valence-electron chi connectivity index (χ3n) is 4.12.